The van der Waals surface area contributed by atoms with Gasteiger partial charge in [-0.15, -0.1) is 11.6 Å². The Labute approximate surface area is 89.3 Å². The molecule has 0 spiro atoms. The molecule has 1 aromatic heterocycles. The summed E-state index contributed by atoms with van der Waals surface area (Å²) in [7, 11) is 0. The lowest BCUT2D eigenvalue weighted by atomic mass is 10.1. The van der Waals surface area contributed by atoms with Gasteiger partial charge in [0.2, 0.25) is 0 Å². The van der Waals surface area contributed by atoms with Gasteiger partial charge >= 0.3 is 0 Å². The Kier molecular flexibility index (Phi) is 3.92. The van der Waals surface area contributed by atoms with Crippen LogP contribution in [0.3, 0.4) is 0 Å². The summed E-state index contributed by atoms with van der Waals surface area (Å²) in [5.74, 6) is -1.20. The third kappa shape index (κ3) is 2.39. The lowest BCUT2D eigenvalue weighted by molar-refractivity contribution is 0.140. The maximum atomic E-state index is 13.4. The molecule has 0 aliphatic rings. The summed E-state index contributed by atoms with van der Waals surface area (Å²) in [5, 5.41) is 8.43. The van der Waals surface area contributed by atoms with E-state index in [0.717, 1.165) is 6.20 Å². The molecule has 80 valence electrons. The van der Waals surface area contributed by atoms with Gasteiger partial charge in [-0.25, -0.2) is 13.2 Å². The highest BCUT2D eigenvalue weighted by atomic mass is 35.5. The van der Waals surface area contributed by atoms with Gasteiger partial charge in [-0.2, -0.15) is 5.26 Å². The van der Waals surface area contributed by atoms with Crippen LogP contribution in [0.5, 0.6) is 0 Å². The largest absolute Gasteiger partial charge is 0.283 e. The Morgan fingerprint density at radius 1 is 1.53 bits per heavy atom. The molecular formula is C9H6ClF3N2. The van der Waals surface area contributed by atoms with E-state index in [1.165, 1.54) is 0 Å². The van der Waals surface area contributed by atoms with Crippen molar-refractivity contribution >= 4 is 11.6 Å². The summed E-state index contributed by atoms with van der Waals surface area (Å²) in [5.41, 5.74) is -0.771. The molecule has 0 aromatic carbocycles. The smallest absolute Gasteiger partial charge is 0.252 e. The minimum atomic E-state index is -2.99. The van der Waals surface area contributed by atoms with Gasteiger partial charge in [-0.3, -0.25) is 4.98 Å². The van der Waals surface area contributed by atoms with Gasteiger partial charge in [-0.1, -0.05) is 0 Å². The highest BCUT2D eigenvalue weighted by molar-refractivity contribution is 6.17. The molecule has 2 nitrogen and oxygen atoms in total. The molecule has 0 bridgehead atoms. The van der Waals surface area contributed by atoms with E-state index in [9.17, 15) is 13.2 Å². The van der Waals surface area contributed by atoms with Crippen LogP contribution in [0.25, 0.3) is 0 Å². The SMILES string of the molecule is N#CCc1c(CCl)cnc(C(F)F)c1F. The second-order valence-electron chi connectivity index (χ2n) is 2.73. The fourth-order valence-corrected chi connectivity index (χ4v) is 1.35. The Morgan fingerprint density at radius 3 is 2.67 bits per heavy atom. The van der Waals surface area contributed by atoms with E-state index >= 15 is 0 Å². The Morgan fingerprint density at radius 2 is 2.20 bits per heavy atom. The van der Waals surface area contributed by atoms with Crippen LogP contribution in [-0.2, 0) is 12.3 Å². The molecule has 0 atom stereocenters. The molecule has 6 heteroatoms. The van der Waals surface area contributed by atoms with Gasteiger partial charge in [0.15, 0.2) is 5.82 Å². The third-order valence-corrected chi connectivity index (χ3v) is 2.13. The van der Waals surface area contributed by atoms with Crippen LogP contribution in [-0.4, -0.2) is 4.98 Å². The minimum Gasteiger partial charge on any atom is -0.252 e. The van der Waals surface area contributed by atoms with Crippen LogP contribution in [0, 0.1) is 17.1 Å². The van der Waals surface area contributed by atoms with Gasteiger partial charge in [0.05, 0.1) is 12.5 Å². The normalized spacial score (nSPS) is 10.4. The van der Waals surface area contributed by atoms with Crippen molar-refractivity contribution in [3.63, 3.8) is 0 Å². The summed E-state index contributed by atoms with van der Waals surface area (Å²) in [6.07, 6.45) is -2.22. The monoisotopic (exact) mass is 234 g/mol. The second-order valence-corrected chi connectivity index (χ2v) is 3.00. The molecule has 0 N–H and O–H groups in total. The molecule has 0 saturated heterocycles. The van der Waals surface area contributed by atoms with E-state index in [1.54, 1.807) is 6.07 Å². The fraction of sp³-hybridized carbons (Fsp3) is 0.333. The molecule has 1 aromatic rings. The minimum absolute atomic E-state index is 0.0650. The van der Waals surface area contributed by atoms with Gasteiger partial charge in [-0.05, 0) is 5.56 Å². The summed E-state index contributed by atoms with van der Waals surface area (Å²) in [6.45, 7) is 0. The summed E-state index contributed by atoms with van der Waals surface area (Å²) >= 11 is 5.47. The van der Waals surface area contributed by atoms with Crippen molar-refractivity contribution in [2.75, 3.05) is 0 Å². The molecule has 15 heavy (non-hydrogen) atoms. The average molecular weight is 235 g/mol. The molecule has 0 aliphatic heterocycles. The highest BCUT2D eigenvalue weighted by Gasteiger charge is 2.20. The molecule has 0 amide bonds. The number of aromatic nitrogens is 1. The molecular weight excluding hydrogens is 229 g/mol. The number of halogens is 4. The maximum Gasteiger partial charge on any atom is 0.283 e. The maximum absolute atomic E-state index is 13.4. The summed E-state index contributed by atoms with van der Waals surface area (Å²) in [4.78, 5) is 3.27. The highest BCUT2D eigenvalue weighted by Crippen LogP contribution is 2.25. The van der Waals surface area contributed by atoms with Crippen LogP contribution in [0.2, 0.25) is 0 Å². The molecule has 0 saturated carbocycles. The first-order chi connectivity index (χ1) is 7.11. The predicted octanol–water partition coefficient (Wildman–Crippen LogP) is 2.96. The van der Waals surface area contributed by atoms with E-state index < -0.39 is 17.9 Å². The van der Waals surface area contributed by atoms with Crippen molar-refractivity contribution in [2.24, 2.45) is 0 Å². The van der Waals surface area contributed by atoms with Crippen LogP contribution in [0.15, 0.2) is 6.20 Å². The van der Waals surface area contributed by atoms with Crippen molar-refractivity contribution in [1.82, 2.24) is 4.98 Å². The lowest BCUT2D eigenvalue weighted by Crippen LogP contribution is -2.04. The Bertz CT molecular complexity index is 401. The van der Waals surface area contributed by atoms with Crippen LogP contribution < -0.4 is 0 Å². The second kappa shape index (κ2) is 4.99. The fourth-order valence-electron chi connectivity index (χ4n) is 1.12. The van der Waals surface area contributed by atoms with Crippen LogP contribution in [0.1, 0.15) is 23.2 Å². The Balaban J connectivity index is 3.30. The van der Waals surface area contributed by atoms with E-state index in [1.807, 2.05) is 0 Å². The van der Waals surface area contributed by atoms with E-state index in [4.69, 9.17) is 16.9 Å². The van der Waals surface area contributed by atoms with Gasteiger partial charge in [0.1, 0.15) is 5.69 Å². The topological polar surface area (TPSA) is 36.7 Å². The first-order valence-corrected chi connectivity index (χ1v) is 4.52. The molecule has 1 heterocycles. The van der Waals surface area contributed by atoms with Crippen molar-refractivity contribution in [1.29, 1.82) is 5.26 Å². The number of alkyl halides is 3. The number of hydrogen-bond acceptors (Lipinski definition) is 2. The molecule has 0 radical (unpaired) electrons. The van der Waals surface area contributed by atoms with Crippen LogP contribution >= 0.6 is 11.6 Å². The van der Waals surface area contributed by atoms with E-state index in [-0.39, 0.29) is 23.4 Å². The molecule has 0 fully saturated rings. The number of nitriles is 1. The van der Waals surface area contributed by atoms with Crippen molar-refractivity contribution < 1.29 is 13.2 Å². The zero-order valence-electron chi connectivity index (χ0n) is 7.48. The van der Waals surface area contributed by atoms with Crippen molar-refractivity contribution in [3.05, 3.63) is 28.8 Å². The van der Waals surface area contributed by atoms with E-state index in [2.05, 4.69) is 4.98 Å². The first-order valence-electron chi connectivity index (χ1n) is 3.99. The quantitative estimate of drug-likeness (QED) is 0.754. The standard InChI is InChI=1S/C9H6ClF3N2/c10-3-5-4-15-8(9(12)13)7(11)6(5)1-2-14/h4,9H,1,3H2. The summed E-state index contributed by atoms with van der Waals surface area (Å²) < 4.78 is 37.9. The van der Waals surface area contributed by atoms with Gasteiger partial charge in [0, 0.05) is 17.6 Å². The number of rotatable bonds is 3. The summed E-state index contributed by atoms with van der Waals surface area (Å²) in [6, 6.07) is 1.69. The molecule has 0 unspecified atom stereocenters. The van der Waals surface area contributed by atoms with Crippen LogP contribution in [0.4, 0.5) is 13.2 Å². The van der Waals surface area contributed by atoms with Gasteiger partial charge < -0.3 is 0 Å². The molecule has 0 aliphatic carbocycles. The first kappa shape index (κ1) is 11.8. The van der Waals surface area contributed by atoms with Gasteiger partial charge in [0.25, 0.3) is 6.43 Å². The lowest BCUT2D eigenvalue weighted by Gasteiger charge is -2.08. The van der Waals surface area contributed by atoms with Crippen molar-refractivity contribution in [3.8, 4) is 6.07 Å². The third-order valence-electron chi connectivity index (χ3n) is 1.84. The van der Waals surface area contributed by atoms with E-state index in [0.29, 0.717) is 0 Å². The average Bonchev–Trinajstić information content (AvgIpc) is 2.20. The zero-order valence-corrected chi connectivity index (χ0v) is 8.23. The van der Waals surface area contributed by atoms with Crippen molar-refractivity contribution in [2.45, 2.75) is 18.7 Å². The number of hydrogen-bond donors (Lipinski definition) is 0. The molecule has 1 rings (SSSR count). The Hall–Kier alpha value is -1.28. The number of nitrogens with zero attached hydrogens (tertiary/aromatic N) is 2. The number of pyridine rings is 1. The predicted molar refractivity (Wildman–Crippen MR) is 48.0 cm³/mol. The zero-order chi connectivity index (χ0) is 11.4.